The molecule has 5 nitrogen and oxygen atoms in total. The minimum absolute atomic E-state index is 0.260. The second-order valence-electron chi connectivity index (χ2n) is 5.36. The van der Waals surface area contributed by atoms with E-state index >= 15 is 0 Å². The van der Waals surface area contributed by atoms with Crippen LogP contribution in [0.25, 0.3) is 0 Å². The minimum Gasteiger partial charge on any atom is -0.465 e. The zero-order valence-electron chi connectivity index (χ0n) is 14.5. The molecule has 0 rings (SSSR count). The van der Waals surface area contributed by atoms with Crippen molar-refractivity contribution >= 4 is 13.6 Å². The molecule has 0 aromatic carbocycles. The van der Waals surface area contributed by atoms with Gasteiger partial charge in [-0.05, 0) is 19.8 Å². The van der Waals surface area contributed by atoms with Crippen LogP contribution >= 0.6 is 7.60 Å². The number of carbonyl (C=O) groups excluding carboxylic acids is 1. The molecule has 1 unspecified atom stereocenters. The van der Waals surface area contributed by atoms with Crippen molar-refractivity contribution in [1.29, 1.82) is 0 Å². The van der Waals surface area contributed by atoms with E-state index in [1.165, 1.54) is 0 Å². The number of unbranched alkanes of at least 4 members (excludes halogenated alkanes) is 6. The Hall–Kier alpha value is -0.380. The predicted molar refractivity (Wildman–Crippen MR) is 89.3 cm³/mol. The molecule has 0 saturated carbocycles. The molecule has 0 aliphatic heterocycles. The average Bonchev–Trinajstić information content (AvgIpc) is 2.47. The molecule has 0 spiro atoms. The fourth-order valence-electron chi connectivity index (χ4n) is 1.98. The molecular formula is C16H33O5P. The molecule has 0 aromatic rings. The van der Waals surface area contributed by atoms with Gasteiger partial charge in [0.25, 0.3) is 0 Å². The van der Waals surface area contributed by atoms with Gasteiger partial charge < -0.3 is 13.8 Å². The number of hydrogen-bond acceptors (Lipinski definition) is 5. The summed E-state index contributed by atoms with van der Waals surface area (Å²) in [6.45, 7) is 6.99. The fraction of sp³-hybridized carbons (Fsp3) is 0.938. The molecule has 0 fully saturated rings. The minimum atomic E-state index is -3.36. The van der Waals surface area contributed by atoms with Gasteiger partial charge >= 0.3 is 13.6 Å². The first-order chi connectivity index (χ1) is 10.6. The van der Waals surface area contributed by atoms with Gasteiger partial charge in [-0.2, -0.15) is 0 Å². The number of ether oxygens (including phenoxy) is 1. The van der Waals surface area contributed by atoms with E-state index in [2.05, 4.69) is 13.8 Å². The van der Waals surface area contributed by atoms with Gasteiger partial charge in [0.2, 0.25) is 0 Å². The van der Waals surface area contributed by atoms with Gasteiger partial charge in [-0.1, -0.05) is 52.4 Å². The molecule has 0 bridgehead atoms. The van der Waals surface area contributed by atoms with Crippen molar-refractivity contribution in [2.24, 2.45) is 0 Å². The van der Waals surface area contributed by atoms with E-state index in [4.69, 9.17) is 13.8 Å². The predicted octanol–water partition coefficient (Wildman–Crippen LogP) is 4.94. The summed E-state index contributed by atoms with van der Waals surface area (Å²) in [6, 6.07) is 0. The first kappa shape index (κ1) is 21.6. The zero-order valence-corrected chi connectivity index (χ0v) is 15.4. The second kappa shape index (κ2) is 14.2. The SMILES string of the molecule is CCCCCCOC(=O)CP(=O)(OCC)OCCCCCC. The van der Waals surface area contributed by atoms with Crippen molar-refractivity contribution in [2.75, 3.05) is 26.0 Å². The Bertz CT molecular complexity index is 320. The second-order valence-corrected chi connectivity index (χ2v) is 7.42. The van der Waals surface area contributed by atoms with Crippen molar-refractivity contribution in [1.82, 2.24) is 0 Å². The van der Waals surface area contributed by atoms with E-state index in [-0.39, 0.29) is 12.8 Å². The summed E-state index contributed by atoms with van der Waals surface area (Å²) >= 11 is 0. The van der Waals surface area contributed by atoms with Crippen LogP contribution in [0.15, 0.2) is 0 Å². The van der Waals surface area contributed by atoms with Crippen LogP contribution in [0, 0.1) is 0 Å². The maximum absolute atomic E-state index is 12.4. The molecule has 0 aliphatic rings. The van der Waals surface area contributed by atoms with E-state index in [1.54, 1.807) is 6.92 Å². The molecule has 0 aromatic heterocycles. The van der Waals surface area contributed by atoms with Crippen LogP contribution in [0.4, 0.5) is 0 Å². The van der Waals surface area contributed by atoms with Crippen LogP contribution in [-0.4, -0.2) is 32.0 Å². The molecule has 6 heteroatoms. The van der Waals surface area contributed by atoms with E-state index in [1.807, 2.05) is 0 Å². The van der Waals surface area contributed by atoms with Crippen LogP contribution in [0.3, 0.4) is 0 Å². The van der Waals surface area contributed by atoms with Crippen LogP contribution in [0.2, 0.25) is 0 Å². The largest absolute Gasteiger partial charge is 0.465 e. The summed E-state index contributed by atoms with van der Waals surface area (Å²) < 4.78 is 28.1. The van der Waals surface area contributed by atoms with E-state index < -0.39 is 13.6 Å². The average molecular weight is 336 g/mol. The molecule has 0 saturated heterocycles. The summed E-state index contributed by atoms with van der Waals surface area (Å²) in [5.74, 6) is -0.498. The maximum atomic E-state index is 12.4. The van der Waals surface area contributed by atoms with Gasteiger partial charge in [0.1, 0.15) is 6.16 Å². The molecular weight excluding hydrogens is 303 g/mol. The first-order valence-corrected chi connectivity index (χ1v) is 10.3. The molecule has 0 N–H and O–H groups in total. The quantitative estimate of drug-likeness (QED) is 0.241. The molecule has 0 amide bonds. The Balaban J connectivity index is 4.02. The zero-order chi connectivity index (χ0) is 16.7. The fourth-order valence-corrected chi connectivity index (χ4v) is 3.44. The third-order valence-electron chi connectivity index (χ3n) is 3.20. The van der Waals surface area contributed by atoms with E-state index in [0.29, 0.717) is 13.2 Å². The Morgan fingerprint density at radius 1 is 0.818 bits per heavy atom. The summed E-state index contributed by atoms with van der Waals surface area (Å²) in [4.78, 5) is 11.7. The highest BCUT2D eigenvalue weighted by atomic mass is 31.2. The summed E-state index contributed by atoms with van der Waals surface area (Å²) in [7, 11) is -3.36. The normalized spacial score (nSPS) is 13.8. The Labute approximate surface area is 135 Å². The van der Waals surface area contributed by atoms with Crippen molar-refractivity contribution in [3.63, 3.8) is 0 Å². The van der Waals surface area contributed by atoms with Crippen molar-refractivity contribution < 1.29 is 23.1 Å². The topological polar surface area (TPSA) is 61.8 Å². The Morgan fingerprint density at radius 3 is 1.95 bits per heavy atom. The van der Waals surface area contributed by atoms with Gasteiger partial charge in [0.05, 0.1) is 19.8 Å². The highest BCUT2D eigenvalue weighted by Crippen LogP contribution is 2.48. The molecule has 0 heterocycles. The van der Waals surface area contributed by atoms with Gasteiger partial charge in [-0.25, -0.2) is 0 Å². The van der Waals surface area contributed by atoms with Gasteiger partial charge in [0, 0.05) is 0 Å². The lowest BCUT2D eigenvalue weighted by molar-refractivity contribution is -0.141. The van der Waals surface area contributed by atoms with Gasteiger partial charge in [-0.3, -0.25) is 9.36 Å². The van der Waals surface area contributed by atoms with Crippen LogP contribution in [0.5, 0.6) is 0 Å². The smallest absolute Gasteiger partial charge is 0.341 e. The summed E-state index contributed by atoms with van der Waals surface area (Å²) in [5, 5.41) is 0. The van der Waals surface area contributed by atoms with Crippen molar-refractivity contribution in [3.8, 4) is 0 Å². The Morgan fingerprint density at radius 2 is 1.41 bits per heavy atom. The first-order valence-electron chi connectivity index (χ1n) is 8.61. The molecule has 0 radical (unpaired) electrons. The maximum Gasteiger partial charge on any atom is 0.341 e. The monoisotopic (exact) mass is 336 g/mol. The standard InChI is InChI=1S/C16H33O5P/c1-4-7-9-11-13-19-16(17)15-22(18,20-6-3)21-14-12-10-8-5-2/h4-15H2,1-3H3. The van der Waals surface area contributed by atoms with Crippen LogP contribution < -0.4 is 0 Å². The van der Waals surface area contributed by atoms with Gasteiger partial charge in [0.15, 0.2) is 0 Å². The number of rotatable bonds is 15. The number of esters is 1. The Kier molecular flexibility index (Phi) is 14.0. The van der Waals surface area contributed by atoms with E-state index in [9.17, 15) is 9.36 Å². The van der Waals surface area contributed by atoms with Crippen molar-refractivity contribution in [3.05, 3.63) is 0 Å². The number of hydrogen-bond donors (Lipinski definition) is 0. The number of carbonyl (C=O) groups is 1. The lowest BCUT2D eigenvalue weighted by Gasteiger charge is -2.17. The third-order valence-corrected chi connectivity index (χ3v) is 5.07. The molecule has 22 heavy (non-hydrogen) atoms. The van der Waals surface area contributed by atoms with E-state index in [0.717, 1.165) is 51.4 Å². The molecule has 132 valence electrons. The molecule has 1 atom stereocenters. The molecule has 0 aliphatic carbocycles. The van der Waals surface area contributed by atoms with Crippen LogP contribution in [0.1, 0.15) is 72.1 Å². The van der Waals surface area contributed by atoms with Gasteiger partial charge in [-0.15, -0.1) is 0 Å². The summed E-state index contributed by atoms with van der Waals surface area (Å²) in [5.41, 5.74) is 0. The third kappa shape index (κ3) is 12.2. The highest BCUT2D eigenvalue weighted by molar-refractivity contribution is 7.54. The van der Waals surface area contributed by atoms with Crippen molar-refractivity contribution in [2.45, 2.75) is 72.1 Å². The lowest BCUT2D eigenvalue weighted by atomic mass is 10.2. The highest BCUT2D eigenvalue weighted by Gasteiger charge is 2.28. The summed E-state index contributed by atoms with van der Waals surface area (Å²) in [6.07, 6.45) is 7.99. The van der Waals surface area contributed by atoms with Crippen LogP contribution in [-0.2, 0) is 23.1 Å². The lowest BCUT2D eigenvalue weighted by Crippen LogP contribution is -2.14.